The van der Waals surface area contributed by atoms with Crippen LogP contribution in [0, 0.1) is 0 Å². The molecular formula is C20H38O4Si. The number of allylic oxidation sites excluding steroid dienone is 3. The van der Waals surface area contributed by atoms with Gasteiger partial charge < -0.3 is 14.3 Å². The molecule has 0 saturated carbocycles. The Labute approximate surface area is 155 Å². The van der Waals surface area contributed by atoms with E-state index in [1.54, 1.807) is 0 Å². The summed E-state index contributed by atoms with van der Waals surface area (Å²) in [6.45, 7) is 18.3. The summed E-state index contributed by atoms with van der Waals surface area (Å²) in [6, 6.07) is 0. The Kier molecular flexibility index (Phi) is 9.34. The number of carbonyl (C=O) groups is 1. The lowest BCUT2D eigenvalue weighted by Crippen LogP contribution is -2.44. The van der Waals surface area contributed by atoms with Gasteiger partial charge in [0.1, 0.15) is 5.60 Å². The van der Waals surface area contributed by atoms with Gasteiger partial charge in [-0.15, -0.1) is 0 Å². The summed E-state index contributed by atoms with van der Waals surface area (Å²) in [5.41, 5.74) is -0.542. The fraction of sp³-hybridized carbons (Fsp3) is 0.750. The second-order valence-electron chi connectivity index (χ2n) is 9.01. The van der Waals surface area contributed by atoms with Crippen LogP contribution in [0.3, 0.4) is 0 Å². The molecule has 0 radical (unpaired) electrons. The molecule has 0 aromatic heterocycles. The van der Waals surface area contributed by atoms with Crippen molar-refractivity contribution in [2.75, 3.05) is 0 Å². The molecule has 0 aliphatic rings. The van der Waals surface area contributed by atoms with Crippen molar-refractivity contribution in [1.82, 2.24) is 0 Å². The topological polar surface area (TPSA) is 55.8 Å². The third-order valence-electron chi connectivity index (χ3n) is 4.21. The van der Waals surface area contributed by atoms with Gasteiger partial charge in [-0.05, 0) is 45.8 Å². The SMILES string of the molecule is C/C=C/C=C/[C@@H](C[C@@H](O)CC(=O)OC(C)(C)C)O[Si](C)(C)C(C)(C)C. The van der Waals surface area contributed by atoms with Crippen LogP contribution in [0.15, 0.2) is 24.3 Å². The molecule has 5 heteroatoms. The Hall–Kier alpha value is -0.913. The number of carbonyl (C=O) groups excluding carboxylic acids is 1. The molecular weight excluding hydrogens is 332 g/mol. The molecule has 0 spiro atoms. The van der Waals surface area contributed by atoms with Crippen molar-refractivity contribution in [3.8, 4) is 0 Å². The molecule has 146 valence electrons. The smallest absolute Gasteiger partial charge is 0.308 e. The quantitative estimate of drug-likeness (QED) is 0.371. The second kappa shape index (κ2) is 9.69. The fourth-order valence-electron chi connectivity index (χ4n) is 1.95. The summed E-state index contributed by atoms with van der Waals surface area (Å²) in [4.78, 5) is 11.9. The average Bonchev–Trinajstić information content (AvgIpc) is 2.34. The highest BCUT2D eigenvalue weighted by Crippen LogP contribution is 2.38. The van der Waals surface area contributed by atoms with Gasteiger partial charge in [-0.2, -0.15) is 0 Å². The molecule has 0 amide bonds. The molecule has 2 atom stereocenters. The minimum absolute atomic E-state index is 0.0217. The first-order chi connectivity index (χ1) is 11.2. The van der Waals surface area contributed by atoms with Crippen LogP contribution in [-0.2, 0) is 14.0 Å². The molecule has 0 aromatic rings. The van der Waals surface area contributed by atoms with Crippen LogP contribution in [0.4, 0.5) is 0 Å². The Morgan fingerprint density at radius 2 is 1.68 bits per heavy atom. The number of aliphatic hydroxyl groups excluding tert-OH is 1. The van der Waals surface area contributed by atoms with Crippen LogP contribution in [0.1, 0.15) is 61.3 Å². The summed E-state index contributed by atoms with van der Waals surface area (Å²) in [7, 11) is -1.98. The summed E-state index contributed by atoms with van der Waals surface area (Å²) in [5, 5.41) is 10.4. The van der Waals surface area contributed by atoms with Gasteiger partial charge in [-0.25, -0.2) is 0 Å². The number of aliphatic hydroxyl groups is 1. The van der Waals surface area contributed by atoms with Gasteiger partial charge in [-0.3, -0.25) is 4.79 Å². The Balaban J connectivity index is 4.98. The molecule has 0 saturated heterocycles. The highest BCUT2D eigenvalue weighted by atomic mass is 28.4. The number of hydrogen-bond donors (Lipinski definition) is 1. The van der Waals surface area contributed by atoms with E-state index in [2.05, 4.69) is 33.9 Å². The van der Waals surface area contributed by atoms with E-state index >= 15 is 0 Å². The number of esters is 1. The summed E-state index contributed by atoms with van der Waals surface area (Å²) in [6.07, 6.45) is 7.09. The van der Waals surface area contributed by atoms with Crippen LogP contribution in [0.2, 0.25) is 18.1 Å². The number of ether oxygens (including phenoxy) is 1. The standard InChI is InChI=1S/C20H38O4Si/c1-10-11-12-13-17(24-25(8,9)20(5,6)7)14-16(21)15-18(22)23-19(2,3)4/h10-13,16-17,21H,14-15H2,1-9H3/b11-10+,13-12+/t16-,17+/m1/s1. The second-order valence-corrected chi connectivity index (χ2v) is 13.8. The molecule has 0 aromatic carbocycles. The molecule has 0 heterocycles. The van der Waals surface area contributed by atoms with Crippen LogP contribution >= 0.6 is 0 Å². The highest BCUT2D eigenvalue weighted by molar-refractivity contribution is 6.74. The zero-order chi connectivity index (χ0) is 19.9. The maximum absolute atomic E-state index is 11.9. The van der Waals surface area contributed by atoms with Gasteiger partial charge in [-0.1, -0.05) is 45.1 Å². The Morgan fingerprint density at radius 1 is 1.12 bits per heavy atom. The predicted molar refractivity (Wildman–Crippen MR) is 107 cm³/mol. The van der Waals surface area contributed by atoms with Gasteiger partial charge in [0, 0.05) is 6.42 Å². The van der Waals surface area contributed by atoms with Crippen molar-refractivity contribution >= 4 is 14.3 Å². The molecule has 25 heavy (non-hydrogen) atoms. The summed E-state index contributed by atoms with van der Waals surface area (Å²) < 4.78 is 11.7. The Bertz CT molecular complexity index is 467. The van der Waals surface area contributed by atoms with Crippen LogP contribution < -0.4 is 0 Å². The fourth-order valence-corrected chi connectivity index (χ4v) is 3.23. The van der Waals surface area contributed by atoms with Gasteiger partial charge >= 0.3 is 5.97 Å². The van der Waals surface area contributed by atoms with Gasteiger partial charge in [0.2, 0.25) is 0 Å². The third kappa shape index (κ3) is 10.6. The minimum atomic E-state index is -1.98. The maximum Gasteiger partial charge on any atom is 0.308 e. The summed E-state index contributed by atoms with van der Waals surface area (Å²) in [5.74, 6) is -0.386. The molecule has 0 fully saturated rings. The minimum Gasteiger partial charge on any atom is -0.460 e. The molecule has 0 rings (SSSR count). The number of rotatable bonds is 8. The van der Waals surface area contributed by atoms with Crippen molar-refractivity contribution in [1.29, 1.82) is 0 Å². The Morgan fingerprint density at radius 3 is 2.12 bits per heavy atom. The van der Waals surface area contributed by atoms with E-state index in [-0.39, 0.29) is 23.5 Å². The molecule has 0 aliphatic carbocycles. The zero-order valence-corrected chi connectivity index (χ0v) is 18.6. The monoisotopic (exact) mass is 370 g/mol. The number of hydrogen-bond acceptors (Lipinski definition) is 4. The van der Waals surface area contributed by atoms with Crippen molar-refractivity contribution in [2.45, 2.75) is 97.2 Å². The molecule has 0 unspecified atom stereocenters. The van der Waals surface area contributed by atoms with Crippen LogP contribution in [-0.4, -0.2) is 37.2 Å². The van der Waals surface area contributed by atoms with Crippen LogP contribution in [0.5, 0.6) is 0 Å². The van der Waals surface area contributed by atoms with E-state index < -0.39 is 20.0 Å². The van der Waals surface area contributed by atoms with E-state index in [0.29, 0.717) is 6.42 Å². The predicted octanol–water partition coefficient (Wildman–Crippen LogP) is 4.99. The van der Waals surface area contributed by atoms with Crippen molar-refractivity contribution in [3.63, 3.8) is 0 Å². The van der Waals surface area contributed by atoms with Crippen molar-refractivity contribution in [2.24, 2.45) is 0 Å². The lowest BCUT2D eigenvalue weighted by atomic mass is 10.1. The highest BCUT2D eigenvalue weighted by Gasteiger charge is 2.39. The van der Waals surface area contributed by atoms with E-state index in [1.807, 2.05) is 52.0 Å². The largest absolute Gasteiger partial charge is 0.460 e. The van der Waals surface area contributed by atoms with E-state index in [4.69, 9.17) is 9.16 Å². The van der Waals surface area contributed by atoms with Gasteiger partial charge in [0.05, 0.1) is 18.6 Å². The maximum atomic E-state index is 11.9. The molecule has 4 nitrogen and oxygen atoms in total. The van der Waals surface area contributed by atoms with E-state index in [0.717, 1.165) is 0 Å². The average molecular weight is 371 g/mol. The molecule has 0 bridgehead atoms. The van der Waals surface area contributed by atoms with E-state index in [9.17, 15) is 9.90 Å². The summed E-state index contributed by atoms with van der Waals surface area (Å²) >= 11 is 0. The third-order valence-corrected chi connectivity index (χ3v) is 8.71. The van der Waals surface area contributed by atoms with Crippen LogP contribution in [0.25, 0.3) is 0 Å². The first-order valence-electron chi connectivity index (χ1n) is 9.05. The zero-order valence-electron chi connectivity index (χ0n) is 17.6. The van der Waals surface area contributed by atoms with Crippen molar-refractivity contribution < 1.29 is 19.1 Å². The first kappa shape index (κ1) is 24.1. The van der Waals surface area contributed by atoms with Gasteiger partial charge in [0.25, 0.3) is 0 Å². The van der Waals surface area contributed by atoms with E-state index in [1.165, 1.54) is 0 Å². The lowest BCUT2D eigenvalue weighted by molar-refractivity contribution is -0.157. The molecule has 1 N–H and O–H groups in total. The first-order valence-corrected chi connectivity index (χ1v) is 12.0. The normalized spacial score (nSPS) is 16.4. The lowest BCUT2D eigenvalue weighted by Gasteiger charge is -2.39. The van der Waals surface area contributed by atoms with Gasteiger partial charge in [0.15, 0.2) is 8.32 Å². The van der Waals surface area contributed by atoms with Crippen molar-refractivity contribution in [3.05, 3.63) is 24.3 Å². The molecule has 0 aliphatic heterocycles.